The van der Waals surface area contributed by atoms with Gasteiger partial charge in [-0.05, 0) is 29.8 Å². The van der Waals surface area contributed by atoms with Crippen molar-refractivity contribution in [2.24, 2.45) is 0 Å². The highest BCUT2D eigenvalue weighted by molar-refractivity contribution is 5.87. The van der Waals surface area contributed by atoms with Crippen molar-refractivity contribution in [2.45, 2.75) is 13.5 Å². The first-order chi connectivity index (χ1) is 9.67. The van der Waals surface area contributed by atoms with Gasteiger partial charge in [-0.2, -0.15) is 0 Å². The molecule has 0 fully saturated rings. The molecule has 1 amide bonds. The van der Waals surface area contributed by atoms with Crippen molar-refractivity contribution in [1.82, 2.24) is 10.2 Å². The summed E-state index contributed by atoms with van der Waals surface area (Å²) >= 11 is 0. The molecule has 1 heterocycles. The van der Waals surface area contributed by atoms with E-state index in [0.29, 0.717) is 18.2 Å². The molecule has 104 valence electrons. The third-order valence-corrected chi connectivity index (χ3v) is 2.60. The fraction of sp³-hybridized carbons (Fsp3) is 0.214. The van der Waals surface area contributed by atoms with Gasteiger partial charge in [-0.15, -0.1) is 10.2 Å². The fourth-order valence-electron chi connectivity index (χ4n) is 1.61. The summed E-state index contributed by atoms with van der Waals surface area (Å²) in [5.41, 5.74) is 1.11. The van der Waals surface area contributed by atoms with Gasteiger partial charge in [0, 0.05) is 13.5 Å². The molecule has 0 unspecified atom stereocenters. The second-order valence-electron chi connectivity index (χ2n) is 4.19. The molecule has 0 aliphatic carbocycles. The first-order valence-corrected chi connectivity index (χ1v) is 6.15. The molecule has 1 aromatic carbocycles. The highest BCUT2D eigenvalue weighted by Crippen LogP contribution is 2.13. The van der Waals surface area contributed by atoms with Gasteiger partial charge in [0.1, 0.15) is 11.6 Å². The van der Waals surface area contributed by atoms with Crippen molar-refractivity contribution in [3.05, 3.63) is 42.0 Å². The minimum absolute atomic E-state index is 0.168. The van der Waals surface area contributed by atoms with Gasteiger partial charge >= 0.3 is 0 Å². The lowest BCUT2D eigenvalue weighted by Gasteiger charge is -2.07. The lowest BCUT2D eigenvalue weighted by Crippen LogP contribution is -2.09. The van der Waals surface area contributed by atoms with Crippen LogP contribution in [0.5, 0.6) is 5.75 Å². The van der Waals surface area contributed by atoms with E-state index in [4.69, 9.17) is 4.74 Å². The van der Waals surface area contributed by atoms with E-state index in [0.717, 1.165) is 11.3 Å². The summed E-state index contributed by atoms with van der Waals surface area (Å²) in [7, 11) is 1.64. The largest absolute Gasteiger partial charge is 0.497 e. The number of anilines is 2. The Morgan fingerprint density at radius 1 is 1.10 bits per heavy atom. The average molecular weight is 272 g/mol. The fourth-order valence-corrected chi connectivity index (χ4v) is 1.61. The monoisotopic (exact) mass is 272 g/mol. The summed E-state index contributed by atoms with van der Waals surface area (Å²) < 4.78 is 5.10. The molecule has 20 heavy (non-hydrogen) atoms. The zero-order chi connectivity index (χ0) is 14.4. The Balaban J connectivity index is 1.91. The summed E-state index contributed by atoms with van der Waals surface area (Å²) in [6, 6.07) is 11.2. The van der Waals surface area contributed by atoms with Crippen LogP contribution < -0.4 is 15.4 Å². The van der Waals surface area contributed by atoms with E-state index in [9.17, 15) is 4.79 Å². The summed E-state index contributed by atoms with van der Waals surface area (Å²) in [6.07, 6.45) is 0. The maximum Gasteiger partial charge on any atom is 0.222 e. The number of aromatic nitrogens is 2. The zero-order valence-electron chi connectivity index (χ0n) is 11.4. The third kappa shape index (κ3) is 3.94. The third-order valence-electron chi connectivity index (χ3n) is 2.60. The molecule has 0 radical (unpaired) electrons. The van der Waals surface area contributed by atoms with Gasteiger partial charge in [0.25, 0.3) is 0 Å². The second kappa shape index (κ2) is 6.51. The zero-order valence-corrected chi connectivity index (χ0v) is 11.4. The molecule has 0 saturated carbocycles. The lowest BCUT2D eigenvalue weighted by atomic mass is 10.2. The van der Waals surface area contributed by atoms with E-state index in [2.05, 4.69) is 20.8 Å². The van der Waals surface area contributed by atoms with E-state index in [-0.39, 0.29) is 5.91 Å². The molecule has 6 nitrogen and oxygen atoms in total. The number of amides is 1. The smallest absolute Gasteiger partial charge is 0.222 e. The van der Waals surface area contributed by atoms with Gasteiger partial charge in [-0.25, -0.2) is 0 Å². The van der Waals surface area contributed by atoms with E-state index < -0.39 is 0 Å². The maximum atomic E-state index is 10.9. The predicted octanol–water partition coefficient (Wildman–Crippen LogP) is 2.06. The van der Waals surface area contributed by atoms with Crippen molar-refractivity contribution in [2.75, 3.05) is 17.7 Å². The Labute approximate surface area is 117 Å². The van der Waals surface area contributed by atoms with Gasteiger partial charge in [0.15, 0.2) is 5.82 Å². The summed E-state index contributed by atoms with van der Waals surface area (Å²) in [5, 5.41) is 13.6. The molecular weight excluding hydrogens is 256 g/mol. The predicted molar refractivity (Wildman–Crippen MR) is 76.7 cm³/mol. The molecule has 0 aliphatic rings. The van der Waals surface area contributed by atoms with Crippen LogP contribution in [0.1, 0.15) is 12.5 Å². The number of carbonyl (C=O) groups is 1. The number of hydrogen-bond donors (Lipinski definition) is 2. The van der Waals surface area contributed by atoms with Gasteiger partial charge in [0.05, 0.1) is 7.11 Å². The Kier molecular flexibility index (Phi) is 4.49. The molecule has 0 saturated heterocycles. The van der Waals surface area contributed by atoms with Crippen LogP contribution in [0, 0.1) is 0 Å². The lowest BCUT2D eigenvalue weighted by molar-refractivity contribution is -0.114. The van der Waals surface area contributed by atoms with Gasteiger partial charge in [-0.3, -0.25) is 4.79 Å². The van der Waals surface area contributed by atoms with Crippen molar-refractivity contribution in [3.63, 3.8) is 0 Å². The van der Waals surface area contributed by atoms with E-state index in [1.54, 1.807) is 19.2 Å². The summed E-state index contributed by atoms with van der Waals surface area (Å²) in [5.74, 6) is 1.74. The quantitative estimate of drug-likeness (QED) is 0.871. The highest BCUT2D eigenvalue weighted by atomic mass is 16.5. The highest BCUT2D eigenvalue weighted by Gasteiger charge is 2.00. The molecule has 0 aliphatic heterocycles. The molecule has 0 atom stereocenters. The van der Waals surface area contributed by atoms with Crippen LogP contribution in [0.25, 0.3) is 0 Å². The van der Waals surface area contributed by atoms with Crippen molar-refractivity contribution < 1.29 is 9.53 Å². The number of nitrogens with zero attached hydrogens (tertiary/aromatic N) is 2. The van der Waals surface area contributed by atoms with E-state index in [1.165, 1.54) is 6.92 Å². The van der Waals surface area contributed by atoms with Crippen LogP contribution in [0.4, 0.5) is 11.6 Å². The van der Waals surface area contributed by atoms with Crippen LogP contribution in [0.15, 0.2) is 36.4 Å². The topological polar surface area (TPSA) is 76.1 Å². The molecule has 2 N–H and O–H groups in total. The van der Waals surface area contributed by atoms with Crippen LogP contribution >= 0.6 is 0 Å². The first-order valence-electron chi connectivity index (χ1n) is 6.15. The van der Waals surface area contributed by atoms with E-state index >= 15 is 0 Å². The van der Waals surface area contributed by atoms with Crippen LogP contribution in [0.2, 0.25) is 0 Å². The van der Waals surface area contributed by atoms with Crippen molar-refractivity contribution in [1.29, 1.82) is 0 Å². The Hall–Kier alpha value is -2.63. The Morgan fingerprint density at radius 3 is 2.30 bits per heavy atom. The normalized spacial score (nSPS) is 9.90. The van der Waals surface area contributed by atoms with Gasteiger partial charge in [0.2, 0.25) is 5.91 Å². The van der Waals surface area contributed by atoms with E-state index in [1.807, 2.05) is 24.3 Å². The van der Waals surface area contributed by atoms with Crippen molar-refractivity contribution >= 4 is 17.5 Å². The molecular formula is C14H16N4O2. The average Bonchev–Trinajstić information content (AvgIpc) is 2.46. The number of rotatable bonds is 5. The standard InChI is InChI=1S/C14H16N4O2/c1-10(19)16-14-8-7-13(17-18-14)15-9-11-3-5-12(20-2)6-4-11/h3-8H,9H2,1-2H3,(H,15,17)(H,16,18,19). The molecule has 2 aromatic rings. The van der Waals surface area contributed by atoms with Crippen LogP contribution in [-0.2, 0) is 11.3 Å². The van der Waals surface area contributed by atoms with Crippen LogP contribution in [-0.4, -0.2) is 23.2 Å². The minimum Gasteiger partial charge on any atom is -0.497 e. The molecule has 2 rings (SSSR count). The summed E-state index contributed by atoms with van der Waals surface area (Å²) in [4.78, 5) is 10.9. The SMILES string of the molecule is COc1ccc(CNc2ccc(NC(C)=O)nn2)cc1. The maximum absolute atomic E-state index is 10.9. The van der Waals surface area contributed by atoms with Crippen LogP contribution in [0.3, 0.4) is 0 Å². The number of ether oxygens (including phenoxy) is 1. The number of carbonyl (C=O) groups excluding carboxylic acids is 1. The van der Waals surface area contributed by atoms with Gasteiger partial charge < -0.3 is 15.4 Å². The Bertz CT molecular complexity index is 567. The number of nitrogens with one attached hydrogen (secondary N) is 2. The number of benzene rings is 1. The Morgan fingerprint density at radius 2 is 1.75 bits per heavy atom. The second-order valence-corrected chi connectivity index (χ2v) is 4.19. The first kappa shape index (κ1) is 13.8. The summed E-state index contributed by atoms with van der Waals surface area (Å²) in [6.45, 7) is 2.07. The number of hydrogen-bond acceptors (Lipinski definition) is 5. The minimum atomic E-state index is -0.168. The molecule has 0 spiro atoms. The molecule has 1 aromatic heterocycles. The molecule has 6 heteroatoms. The van der Waals surface area contributed by atoms with Crippen molar-refractivity contribution in [3.8, 4) is 5.75 Å². The van der Waals surface area contributed by atoms with Gasteiger partial charge in [-0.1, -0.05) is 12.1 Å². The molecule has 0 bridgehead atoms. The number of methoxy groups -OCH3 is 1.